The fraction of sp³-hybridized carbons (Fsp3) is 0.782. The highest BCUT2D eigenvalue weighted by Crippen LogP contribution is 2.42. The van der Waals surface area contributed by atoms with Gasteiger partial charge in [0.25, 0.3) is 0 Å². The third-order valence-corrected chi connectivity index (χ3v) is 17.0. The quantitative estimate of drug-likeness (QED) is 0.122. The molecule has 0 aliphatic carbocycles. The first-order valence-electron chi connectivity index (χ1n) is 26.6. The number of benzene rings is 1. The third kappa shape index (κ3) is 15.5. The van der Waals surface area contributed by atoms with Crippen LogP contribution in [0.3, 0.4) is 0 Å². The maximum atomic E-state index is 14.9. The molecule has 4 heterocycles. The molecule has 0 unspecified atom stereocenters. The van der Waals surface area contributed by atoms with Gasteiger partial charge in [-0.2, -0.15) is 0 Å². The lowest BCUT2D eigenvalue weighted by Crippen LogP contribution is -2.62. The summed E-state index contributed by atoms with van der Waals surface area (Å²) in [4.78, 5) is 23.8. The highest BCUT2D eigenvalue weighted by molar-refractivity contribution is 6.70. The molecule has 2 aromatic rings. The van der Waals surface area contributed by atoms with Gasteiger partial charge in [0.15, 0.2) is 29.2 Å². The molecular formula is C55H95N3O12Si2. The second kappa shape index (κ2) is 24.4. The van der Waals surface area contributed by atoms with Gasteiger partial charge in [0, 0.05) is 42.6 Å². The Morgan fingerprint density at radius 3 is 2.17 bits per heavy atom. The Kier molecular flexibility index (Phi) is 20.6. The molecule has 0 amide bonds. The highest BCUT2D eigenvalue weighted by Gasteiger charge is 2.54. The average Bonchev–Trinajstić information content (AvgIpc) is 3.27. The Balaban J connectivity index is 1.70. The van der Waals surface area contributed by atoms with E-state index in [1.165, 1.54) is 6.92 Å². The van der Waals surface area contributed by atoms with Gasteiger partial charge in [-0.25, -0.2) is 0 Å². The van der Waals surface area contributed by atoms with Gasteiger partial charge in [-0.1, -0.05) is 51.1 Å². The molecule has 15 nitrogen and oxygen atoms in total. The number of aliphatic hydroxyl groups excluding tert-OH is 1. The largest absolute Gasteiger partial charge is 0.459 e. The summed E-state index contributed by atoms with van der Waals surface area (Å²) in [7, 11) is 1.71. The van der Waals surface area contributed by atoms with E-state index in [1.54, 1.807) is 13.8 Å². The van der Waals surface area contributed by atoms with Gasteiger partial charge in [-0.3, -0.25) is 9.78 Å². The number of carbonyl (C=O) groups excluding carboxylic acids is 1. The van der Waals surface area contributed by atoms with Crippen molar-refractivity contribution in [2.75, 3.05) is 34.3 Å². The molecule has 410 valence electrons. The highest BCUT2D eigenvalue weighted by atomic mass is 28.4. The molecule has 18 atom stereocenters. The van der Waals surface area contributed by atoms with E-state index in [1.807, 2.05) is 82.3 Å². The number of pyridine rings is 1. The Hall–Kier alpha value is -2.21. The number of likely N-dealkylation sites (N-methyl/N-ethyl adjacent to an activating group) is 2. The molecule has 1 aromatic carbocycles. The van der Waals surface area contributed by atoms with Crippen LogP contribution >= 0.6 is 0 Å². The van der Waals surface area contributed by atoms with Crippen LogP contribution in [0, 0.1) is 17.8 Å². The van der Waals surface area contributed by atoms with Crippen molar-refractivity contribution in [2.45, 2.75) is 225 Å². The number of aliphatic hydroxyl groups is 3. The van der Waals surface area contributed by atoms with Gasteiger partial charge in [-0.15, -0.1) is 0 Å². The minimum Gasteiger partial charge on any atom is -0.459 e. The molecule has 3 aliphatic heterocycles. The number of nitrogens with zero attached hydrogens (tertiary/aromatic N) is 3. The summed E-state index contributed by atoms with van der Waals surface area (Å²) in [5.74, 6) is -2.34. The number of para-hydroxylation sites is 1. The van der Waals surface area contributed by atoms with Crippen LogP contribution in [0.2, 0.25) is 39.3 Å². The first kappa shape index (κ1) is 60.7. The second-order valence-corrected chi connectivity index (χ2v) is 33.5. The Labute approximate surface area is 434 Å². The zero-order chi connectivity index (χ0) is 53.9. The molecular weight excluding hydrogens is 951 g/mol. The molecule has 5 rings (SSSR count). The van der Waals surface area contributed by atoms with E-state index in [2.05, 4.69) is 90.1 Å². The van der Waals surface area contributed by atoms with Gasteiger partial charge >= 0.3 is 5.97 Å². The van der Waals surface area contributed by atoms with E-state index >= 15 is 0 Å². The zero-order valence-electron chi connectivity index (χ0n) is 47.4. The number of fused-ring (bicyclic) bond motifs is 1. The van der Waals surface area contributed by atoms with Gasteiger partial charge in [-0.05, 0) is 152 Å². The summed E-state index contributed by atoms with van der Waals surface area (Å²) in [6, 6.07) is 9.54. The standard InChI is InChI=1S/C55H95N3O12Si2/c1-20-44-55(10,62)48(59)38(6)58(13)33-34(2)30-54(9,63-27-23-24-40-29-41-25-21-22-26-42(41)56-32-40)49(68-52-47(69-71(14,15)16)43(57(11)12)28-35(3)64-52)36(4)46(37(5)51(60)66-44)67-45-31-53(8,61)50(39(7)65-45)70-72(17,18)19/h21-26,29,32,34-39,43-50,52,59,61-62H,20,27-28,30-31,33H2,1-19H3/b24-23+/t34-,35-,36+,37-,38-,39+,43+,44-,45+,46+,47-,48-,49-,50+,52+,53+,54-,55-/m1/s1. The number of hydrogen-bond acceptors (Lipinski definition) is 15. The van der Waals surface area contributed by atoms with Gasteiger partial charge in [0.1, 0.15) is 23.9 Å². The van der Waals surface area contributed by atoms with Crippen molar-refractivity contribution in [1.82, 2.24) is 14.8 Å². The van der Waals surface area contributed by atoms with E-state index in [0.717, 1.165) is 22.9 Å². The van der Waals surface area contributed by atoms with E-state index in [9.17, 15) is 20.1 Å². The summed E-state index contributed by atoms with van der Waals surface area (Å²) in [6.07, 6.45) is -0.485. The van der Waals surface area contributed by atoms with Crippen LogP contribution in [-0.2, 0) is 42.1 Å². The summed E-state index contributed by atoms with van der Waals surface area (Å²) in [5, 5.41) is 37.2. The first-order valence-corrected chi connectivity index (χ1v) is 33.4. The summed E-state index contributed by atoms with van der Waals surface area (Å²) < 4.78 is 55.4. The topological polar surface area (TPSA) is 171 Å². The predicted molar refractivity (Wildman–Crippen MR) is 288 cm³/mol. The lowest BCUT2D eigenvalue weighted by atomic mass is 9.77. The van der Waals surface area contributed by atoms with Crippen molar-refractivity contribution < 1.29 is 57.4 Å². The van der Waals surface area contributed by atoms with Crippen molar-refractivity contribution in [2.24, 2.45) is 17.8 Å². The minimum atomic E-state index is -2.22. The Morgan fingerprint density at radius 2 is 1.56 bits per heavy atom. The first-order chi connectivity index (χ1) is 33.3. The fourth-order valence-corrected chi connectivity index (χ4v) is 13.7. The molecule has 3 N–H and O–H groups in total. The molecule has 0 bridgehead atoms. The third-order valence-electron chi connectivity index (χ3n) is 15.1. The van der Waals surface area contributed by atoms with Crippen LogP contribution in [0.1, 0.15) is 100 Å². The normalized spacial score (nSPS) is 39.8. The zero-order valence-corrected chi connectivity index (χ0v) is 49.4. The number of esters is 1. The molecule has 72 heavy (non-hydrogen) atoms. The molecule has 1 aromatic heterocycles. The molecule has 0 radical (unpaired) electrons. The Bertz CT molecular complexity index is 2080. The molecule has 3 aliphatic rings. The monoisotopic (exact) mass is 1050 g/mol. The predicted octanol–water partition coefficient (Wildman–Crippen LogP) is 8.25. The second-order valence-electron chi connectivity index (χ2n) is 24.5. The molecule has 0 spiro atoms. The fourth-order valence-electron chi connectivity index (χ4n) is 11.4. The van der Waals surface area contributed by atoms with E-state index in [4.69, 9.17) is 37.3 Å². The van der Waals surface area contributed by atoms with Crippen LogP contribution < -0.4 is 0 Å². The number of rotatable bonds is 14. The summed E-state index contributed by atoms with van der Waals surface area (Å²) >= 11 is 0. The van der Waals surface area contributed by atoms with Crippen molar-refractivity contribution in [1.29, 1.82) is 0 Å². The van der Waals surface area contributed by atoms with E-state index < -0.39 is 113 Å². The number of hydrogen-bond donors (Lipinski definition) is 3. The van der Waals surface area contributed by atoms with E-state index in [-0.39, 0.29) is 37.5 Å². The number of cyclic esters (lactones) is 1. The van der Waals surface area contributed by atoms with Gasteiger partial charge in [0.05, 0.1) is 59.8 Å². The van der Waals surface area contributed by atoms with Gasteiger partial charge < -0.3 is 62.4 Å². The molecule has 3 fully saturated rings. The Morgan fingerprint density at radius 1 is 0.903 bits per heavy atom. The molecule has 0 saturated carbocycles. The summed E-state index contributed by atoms with van der Waals surface area (Å²) in [5.41, 5.74) is -2.42. The van der Waals surface area contributed by atoms with Crippen LogP contribution in [0.4, 0.5) is 0 Å². The molecule has 3 saturated heterocycles. The van der Waals surface area contributed by atoms with E-state index in [0.29, 0.717) is 13.0 Å². The van der Waals surface area contributed by atoms with Crippen LogP contribution in [0.5, 0.6) is 0 Å². The van der Waals surface area contributed by atoms with Crippen LogP contribution in [0.25, 0.3) is 17.0 Å². The lowest BCUT2D eigenvalue weighted by molar-refractivity contribution is -0.316. The lowest BCUT2D eigenvalue weighted by Gasteiger charge is -2.51. The van der Waals surface area contributed by atoms with Crippen molar-refractivity contribution in [3.63, 3.8) is 0 Å². The summed E-state index contributed by atoms with van der Waals surface area (Å²) in [6.45, 7) is 32.4. The minimum absolute atomic E-state index is 0.0420. The molecule has 17 heteroatoms. The number of ether oxygens (including phenoxy) is 6. The van der Waals surface area contributed by atoms with Crippen molar-refractivity contribution in [3.8, 4) is 0 Å². The van der Waals surface area contributed by atoms with Crippen LogP contribution in [-0.4, -0.2) is 177 Å². The maximum absolute atomic E-state index is 14.9. The smallest absolute Gasteiger partial charge is 0.311 e. The van der Waals surface area contributed by atoms with Crippen LogP contribution in [0.15, 0.2) is 42.6 Å². The number of aromatic nitrogens is 1. The van der Waals surface area contributed by atoms with Crippen molar-refractivity contribution >= 4 is 39.6 Å². The average molecular weight is 1050 g/mol. The number of carbonyl (C=O) groups is 1. The van der Waals surface area contributed by atoms with Gasteiger partial charge in [0.2, 0.25) is 0 Å². The SMILES string of the molecule is CC[C@H]1OC(=O)[C@H](C)[C@@H](O[C@H]2C[C@](C)(O)[C@@H](O[Si](C)(C)C)[C@H](C)O2)[C@H](C)[C@@H](O[C@@H]2O[C@H](C)C[C@H](N(C)C)[C@H]2O[Si](C)(C)C)[C@](C)(OC/C=C/c2cnc3ccccc3c2)C[C@@H](C)CN(C)[C@H](C)[C@@H](O)[C@]1(C)O. The van der Waals surface area contributed by atoms with Crippen molar-refractivity contribution in [3.05, 3.63) is 48.2 Å². The maximum Gasteiger partial charge on any atom is 0.311 e.